The van der Waals surface area contributed by atoms with Crippen molar-refractivity contribution in [3.05, 3.63) is 0 Å². The Bertz CT molecular complexity index is 248. The highest BCUT2D eigenvalue weighted by molar-refractivity contribution is 5.85. The molecule has 1 N–H and O–H groups in total. The van der Waals surface area contributed by atoms with Crippen molar-refractivity contribution in [2.24, 2.45) is 11.3 Å². The predicted molar refractivity (Wildman–Crippen MR) is 74.6 cm³/mol. The van der Waals surface area contributed by atoms with Gasteiger partial charge in [0.2, 0.25) is 5.91 Å². The molecule has 0 spiro atoms. The van der Waals surface area contributed by atoms with Gasteiger partial charge in [-0.15, -0.1) is 12.4 Å². The lowest BCUT2D eigenvalue weighted by Crippen LogP contribution is -2.47. The summed E-state index contributed by atoms with van der Waals surface area (Å²) < 4.78 is 0. The van der Waals surface area contributed by atoms with Gasteiger partial charge in [0.05, 0.1) is 0 Å². The summed E-state index contributed by atoms with van der Waals surface area (Å²) in [6.07, 6.45) is 3.58. The molecule has 4 heteroatoms. The van der Waals surface area contributed by atoms with Crippen LogP contribution in [0, 0.1) is 11.3 Å². The van der Waals surface area contributed by atoms with E-state index >= 15 is 0 Å². The van der Waals surface area contributed by atoms with Gasteiger partial charge in [0.1, 0.15) is 0 Å². The number of likely N-dealkylation sites (tertiary alicyclic amines) is 1. The fourth-order valence-corrected chi connectivity index (χ4v) is 2.50. The van der Waals surface area contributed by atoms with Crippen LogP contribution in [-0.2, 0) is 4.79 Å². The number of amides is 1. The van der Waals surface area contributed by atoms with Crippen LogP contribution in [0.15, 0.2) is 0 Å². The molecular weight excluding hydrogens is 236 g/mol. The zero-order valence-corrected chi connectivity index (χ0v) is 12.4. The number of hydrogen-bond donors (Lipinski definition) is 1. The molecule has 1 saturated heterocycles. The van der Waals surface area contributed by atoms with E-state index in [-0.39, 0.29) is 18.3 Å². The van der Waals surface area contributed by atoms with E-state index < -0.39 is 0 Å². The number of rotatable bonds is 4. The second-order valence-corrected chi connectivity index (χ2v) is 5.49. The molecule has 0 aromatic rings. The summed E-state index contributed by atoms with van der Waals surface area (Å²) >= 11 is 0. The zero-order chi connectivity index (χ0) is 12.2. The number of carbonyl (C=O) groups is 1. The first-order valence-electron chi connectivity index (χ1n) is 6.46. The Morgan fingerprint density at radius 2 is 2.18 bits per heavy atom. The first-order chi connectivity index (χ1) is 7.52. The third-order valence-electron chi connectivity index (χ3n) is 3.88. The summed E-state index contributed by atoms with van der Waals surface area (Å²) in [5.41, 5.74) is 0.341. The molecule has 0 saturated carbocycles. The van der Waals surface area contributed by atoms with Gasteiger partial charge >= 0.3 is 0 Å². The van der Waals surface area contributed by atoms with Crippen molar-refractivity contribution >= 4 is 18.3 Å². The number of halogens is 1. The molecular formula is C13H27ClN2O. The van der Waals surface area contributed by atoms with E-state index in [2.05, 4.69) is 24.1 Å². The van der Waals surface area contributed by atoms with Crippen molar-refractivity contribution in [1.29, 1.82) is 0 Å². The average Bonchev–Trinajstić information content (AvgIpc) is 2.28. The fourth-order valence-electron chi connectivity index (χ4n) is 2.50. The van der Waals surface area contributed by atoms with Gasteiger partial charge in [0.25, 0.3) is 0 Å². The molecule has 1 amide bonds. The lowest BCUT2D eigenvalue weighted by molar-refractivity contribution is -0.138. The smallest absolute Gasteiger partial charge is 0.226 e. The number of piperidine rings is 1. The normalized spacial score (nSPS) is 26.2. The van der Waals surface area contributed by atoms with E-state index in [4.69, 9.17) is 0 Å². The number of nitrogens with one attached hydrogen (secondary N) is 1. The Hall–Kier alpha value is -0.280. The molecule has 1 rings (SSSR count). The maximum Gasteiger partial charge on any atom is 0.226 e. The lowest BCUT2D eigenvalue weighted by atomic mass is 9.79. The van der Waals surface area contributed by atoms with Gasteiger partial charge in [0.15, 0.2) is 0 Å². The Labute approximate surface area is 112 Å². The van der Waals surface area contributed by atoms with Gasteiger partial charge in [-0.2, -0.15) is 0 Å². The number of nitrogens with zero attached hydrogens (tertiary/aromatic N) is 1. The van der Waals surface area contributed by atoms with Crippen molar-refractivity contribution < 1.29 is 4.79 Å². The molecule has 17 heavy (non-hydrogen) atoms. The van der Waals surface area contributed by atoms with E-state index in [1.807, 2.05) is 14.0 Å². The van der Waals surface area contributed by atoms with Gasteiger partial charge in [0, 0.05) is 25.6 Å². The first-order valence-corrected chi connectivity index (χ1v) is 6.46. The topological polar surface area (TPSA) is 32.3 Å². The van der Waals surface area contributed by atoms with E-state index in [1.54, 1.807) is 0 Å². The summed E-state index contributed by atoms with van der Waals surface area (Å²) in [5, 5.41) is 3.07. The van der Waals surface area contributed by atoms with Crippen molar-refractivity contribution in [1.82, 2.24) is 10.2 Å². The van der Waals surface area contributed by atoms with Gasteiger partial charge in [-0.3, -0.25) is 4.79 Å². The fraction of sp³-hybridized carbons (Fsp3) is 0.923. The highest BCUT2D eigenvalue weighted by atomic mass is 35.5. The molecule has 1 heterocycles. The summed E-state index contributed by atoms with van der Waals surface area (Å²) in [6.45, 7) is 9.20. The lowest BCUT2D eigenvalue weighted by Gasteiger charge is -2.41. The Morgan fingerprint density at radius 1 is 1.53 bits per heavy atom. The van der Waals surface area contributed by atoms with Gasteiger partial charge in [-0.05, 0) is 31.7 Å². The van der Waals surface area contributed by atoms with Crippen LogP contribution in [-0.4, -0.2) is 37.5 Å². The standard InChI is InChI=1S/C13H26N2O.ClH/c1-5-13(3)7-6-8-15(10-13)12(16)11(2)9-14-4;/h11,14H,5-10H2,1-4H3;1H. The molecule has 1 aliphatic rings. The molecule has 0 aromatic carbocycles. The summed E-state index contributed by atoms with van der Waals surface area (Å²) in [6, 6.07) is 0. The number of carbonyl (C=O) groups excluding carboxylic acids is 1. The molecule has 0 aliphatic carbocycles. The highest BCUT2D eigenvalue weighted by Gasteiger charge is 2.32. The van der Waals surface area contributed by atoms with E-state index in [0.717, 1.165) is 32.5 Å². The summed E-state index contributed by atoms with van der Waals surface area (Å²) in [4.78, 5) is 14.2. The van der Waals surface area contributed by atoms with Crippen LogP contribution in [0.2, 0.25) is 0 Å². The molecule has 1 aliphatic heterocycles. The Balaban J connectivity index is 0.00000256. The minimum atomic E-state index is 0. The van der Waals surface area contributed by atoms with Crippen molar-refractivity contribution in [2.45, 2.75) is 40.0 Å². The largest absolute Gasteiger partial charge is 0.342 e. The molecule has 3 nitrogen and oxygen atoms in total. The van der Waals surface area contributed by atoms with Crippen LogP contribution in [0.5, 0.6) is 0 Å². The third kappa shape index (κ3) is 4.47. The van der Waals surface area contributed by atoms with E-state index in [1.165, 1.54) is 6.42 Å². The summed E-state index contributed by atoms with van der Waals surface area (Å²) in [5.74, 6) is 0.415. The summed E-state index contributed by atoms with van der Waals surface area (Å²) in [7, 11) is 1.90. The zero-order valence-electron chi connectivity index (χ0n) is 11.6. The van der Waals surface area contributed by atoms with Crippen molar-refractivity contribution in [3.63, 3.8) is 0 Å². The van der Waals surface area contributed by atoms with Crippen LogP contribution in [0.4, 0.5) is 0 Å². The monoisotopic (exact) mass is 262 g/mol. The van der Waals surface area contributed by atoms with Crippen LogP contribution >= 0.6 is 12.4 Å². The van der Waals surface area contributed by atoms with Crippen molar-refractivity contribution in [2.75, 3.05) is 26.7 Å². The second kappa shape index (κ2) is 7.22. The third-order valence-corrected chi connectivity index (χ3v) is 3.88. The van der Waals surface area contributed by atoms with Crippen molar-refractivity contribution in [3.8, 4) is 0 Å². The predicted octanol–water partition coefficient (Wildman–Crippen LogP) is 2.30. The minimum absolute atomic E-state index is 0. The van der Waals surface area contributed by atoms with E-state index in [0.29, 0.717) is 11.3 Å². The Morgan fingerprint density at radius 3 is 2.71 bits per heavy atom. The first kappa shape index (κ1) is 16.7. The Kier molecular flexibility index (Phi) is 7.10. The molecule has 0 aromatic heterocycles. The molecule has 2 unspecified atom stereocenters. The molecule has 1 fully saturated rings. The molecule has 102 valence electrons. The maximum atomic E-state index is 12.2. The van der Waals surface area contributed by atoms with Crippen LogP contribution in [0.1, 0.15) is 40.0 Å². The molecule has 0 bridgehead atoms. The van der Waals surface area contributed by atoms with Crippen LogP contribution < -0.4 is 5.32 Å². The minimum Gasteiger partial charge on any atom is -0.342 e. The van der Waals surface area contributed by atoms with E-state index in [9.17, 15) is 4.79 Å². The highest BCUT2D eigenvalue weighted by Crippen LogP contribution is 2.32. The average molecular weight is 263 g/mol. The molecule has 2 atom stereocenters. The second-order valence-electron chi connectivity index (χ2n) is 5.49. The van der Waals surface area contributed by atoms with Gasteiger partial charge in [-0.25, -0.2) is 0 Å². The number of hydrogen-bond acceptors (Lipinski definition) is 2. The van der Waals surface area contributed by atoms with Crippen LogP contribution in [0.25, 0.3) is 0 Å². The molecule has 0 radical (unpaired) electrons. The van der Waals surface area contributed by atoms with Gasteiger partial charge in [-0.1, -0.05) is 20.8 Å². The SMILES string of the molecule is CCC1(C)CCCN(C(=O)C(C)CNC)C1.Cl. The van der Waals surface area contributed by atoms with Gasteiger partial charge < -0.3 is 10.2 Å². The quantitative estimate of drug-likeness (QED) is 0.843. The maximum absolute atomic E-state index is 12.2. The van der Waals surface area contributed by atoms with Crippen LogP contribution in [0.3, 0.4) is 0 Å².